The van der Waals surface area contributed by atoms with Gasteiger partial charge in [-0.3, -0.25) is 4.40 Å². The molecule has 0 unspecified atom stereocenters. The molecule has 0 aliphatic rings. The highest BCUT2D eigenvalue weighted by atomic mass is 35.5. The van der Waals surface area contributed by atoms with E-state index in [0.717, 1.165) is 5.75 Å². The van der Waals surface area contributed by atoms with E-state index in [0.29, 0.717) is 41.3 Å². The van der Waals surface area contributed by atoms with Crippen LogP contribution in [0.15, 0.2) is 52.6 Å². The maximum absolute atomic E-state index is 12.7. The fourth-order valence-corrected chi connectivity index (χ4v) is 4.95. The lowest BCUT2D eigenvalue weighted by molar-refractivity contribution is 0.344. The van der Waals surface area contributed by atoms with E-state index in [1.54, 1.807) is 34.9 Å². The van der Waals surface area contributed by atoms with Gasteiger partial charge in [-0.1, -0.05) is 37.2 Å². The van der Waals surface area contributed by atoms with Crippen molar-refractivity contribution in [3.05, 3.63) is 47.6 Å². The summed E-state index contributed by atoms with van der Waals surface area (Å²) in [4.78, 5) is 0.225. The number of ether oxygens (including phenoxy) is 1. The van der Waals surface area contributed by atoms with Crippen LogP contribution in [0.2, 0.25) is 5.02 Å². The summed E-state index contributed by atoms with van der Waals surface area (Å²) in [5.74, 6) is 1.37. The zero-order chi connectivity index (χ0) is 20.1. The Bertz CT molecular complexity index is 1030. The van der Waals surface area contributed by atoms with Crippen molar-refractivity contribution in [1.29, 1.82) is 0 Å². The van der Waals surface area contributed by atoms with Crippen molar-refractivity contribution < 1.29 is 13.2 Å². The highest BCUT2D eigenvalue weighted by Gasteiger charge is 2.22. The lowest BCUT2D eigenvalue weighted by atomic mass is 10.3. The molecule has 0 saturated heterocycles. The van der Waals surface area contributed by atoms with Crippen LogP contribution in [0.5, 0.6) is 5.75 Å². The van der Waals surface area contributed by atoms with Gasteiger partial charge in [0.05, 0.1) is 11.5 Å². The number of fused-ring (bicyclic) bond motifs is 1. The molecule has 1 aromatic carbocycles. The van der Waals surface area contributed by atoms with Crippen molar-refractivity contribution in [3.63, 3.8) is 0 Å². The van der Waals surface area contributed by atoms with Crippen molar-refractivity contribution in [3.8, 4) is 5.75 Å². The van der Waals surface area contributed by atoms with Crippen LogP contribution in [-0.4, -0.2) is 52.8 Å². The van der Waals surface area contributed by atoms with Crippen molar-refractivity contribution in [1.82, 2.24) is 18.9 Å². The molecule has 3 aromatic rings. The second kappa shape index (κ2) is 9.13. The summed E-state index contributed by atoms with van der Waals surface area (Å²) >= 11 is 7.30. The summed E-state index contributed by atoms with van der Waals surface area (Å²) in [6.07, 6.45) is 1.57. The maximum Gasteiger partial charge on any atom is 0.244 e. The number of aromatic nitrogens is 3. The molecule has 10 heteroatoms. The molecule has 0 radical (unpaired) electrons. The molecule has 0 spiro atoms. The first-order valence-corrected chi connectivity index (χ1v) is 11.6. The van der Waals surface area contributed by atoms with Crippen LogP contribution in [0, 0.1) is 0 Å². The van der Waals surface area contributed by atoms with Crippen LogP contribution in [0.3, 0.4) is 0 Å². The Hall–Kier alpha value is -1.81. The normalized spacial score (nSPS) is 12.0. The van der Waals surface area contributed by atoms with Crippen LogP contribution < -0.4 is 4.74 Å². The standard InChI is InChI=1S/C18H21ClN4O3S2/c1-3-22(4-2)28(24,25)16-9-10-17-20-21-18(23(17)13-16)27-12-11-26-15-7-5-14(19)6-8-15/h5-10,13H,3-4,11-12H2,1-2H3. The third kappa shape index (κ3) is 4.60. The van der Waals surface area contributed by atoms with E-state index in [4.69, 9.17) is 16.3 Å². The molecule has 0 amide bonds. The minimum absolute atomic E-state index is 0.225. The van der Waals surface area contributed by atoms with Crippen molar-refractivity contribution >= 4 is 39.0 Å². The molecule has 2 heterocycles. The Morgan fingerprint density at radius 1 is 1.11 bits per heavy atom. The van der Waals surface area contributed by atoms with E-state index in [2.05, 4.69) is 10.2 Å². The zero-order valence-electron chi connectivity index (χ0n) is 15.6. The van der Waals surface area contributed by atoms with Crippen molar-refractivity contribution in [2.45, 2.75) is 23.9 Å². The average molecular weight is 441 g/mol. The predicted octanol–water partition coefficient (Wildman–Crippen LogP) is 3.58. The van der Waals surface area contributed by atoms with Crippen LogP contribution in [0.4, 0.5) is 0 Å². The lowest BCUT2D eigenvalue weighted by Gasteiger charge is -2.18. The quantitative estimate of drug-likeness (QED) is 0.374. The van der Waals surface area contributed by atoms with Gasteiger partial charge in [-0.25, -0.2) is 8.42 Å². The number of halogens is 1. The lowest BCUT2D eigenvalue weighted by Crippen LogP contribution is -2.30. The van der Waals surface area contributed by atoms with Gasteiger partial charge in [-0.05, 0) is 36.4 Å². The predicted molar refractivity (Wildman–Crippen MR) is 111 cm³/mol. The monoisotopic (exact) mass is 440 g/mol. The first-order valence-electron chi connectivity index (χ1n) is 8.81. The molecular weight excluding hydrogens is 420 g/mol. The topological polar surface area (TPSA) is 76.8 Å². The molecule has 0 bridgehead atoms. The molecule has 0 aliphatic heterocycles. The van der Waals surface area contributed by atoms with Gasteiger partial charge in [0.2, 0.25) is 10.0 Å². The van der Waals surface area contributed by atoms with E-state index < -0.39 is 10.0 Å². The van der Waals surface area contributed by atoms with E-state index in [1.807, 2.05) is 26.0 Å². The van der Waals surface area contributed by atoms with Gasteiger partial charge < -0.3 is 4.74 Å². The first kappa shape index (κ1) is 20.9. The van der Waals surface area contributed by atoms with Gasteiger partial charge in [-0.15, -0.1) is 10.2 Å². The van der Waals surface area contributed by atoms with Crippen molar-refractivity contribution in [2.24, 2.45) is 0 Å². The first-order chi connectivity index (χ1) is 13.5. The number of hydrogen-bond donors (Lipinski definition) is 0. The van der Waals surface area contributed by atoms with Gasteiger partial charge in [0, 0.05) is 30.1 Å². The van der Waals surface area contributed by atoms with E-state index in [1.165, 1.54) is 16.1 Å². The second-order valence-corrected chi connectivity index (χ2v) is 9.25. The van der Waals surface area contributed by atoms with Gasteiger partial charge in [0.15, 0.2) is 10.8 Å². The number of thioether (sulfide) groups is 1. The molecule has 0 atom stereocenters. The Kier molecular flexibility index (Phi) is 6.82. The van der Waals surface area contributed by atoms with Crippen LogP contribution in [-0.2, 0) is 10.0 Å². The highest BCUT2D eigenvalue weighted by molar-refractivity contribution is 7.99. The molecule has 3 rings (SSSR count). The molecule has 28 heavy (non-hydrogen) atoms. The molecular formula is C18H21ClN4O3S2. The number of sulfonamides is 1. The molecule has 0 fully saturated rings. The zero-order valence-corrected chi connectivity index (χ0v) is 18.0. The fraction of sp³-hybridized carbons (Fsp3) is 0.333. The van der Waals surface area contributed by atoms with Crippen LogP contribution >= 0.6 is 23.4 Å². The number of pyridine rings is 1. The molecule has 0 saturated carbocycles. The Morgan fingerprint density at radius 2 is 1.82 bits per heavy atom. The van der Waals surface area contributed by atoms with E-state index in [9.17, 15) is 8.42 Å². The summed E-state index contributed by atoms with van der Waals surface area (Å²) in [6.45, 7) is 4.95. The van der Waals surface area contributed by atoms with Gasteiger partial charge in [-0.2, -0.15) is 4.31 Å². The summed E-state index contributed by atoms with van der Waals surface area (Å²) < 4.78 is 34.3. The van der Waals surface area contributed by atoms with Crippen molar-refractivity contribution in [2.75, 3.05) is 25.4 Å². The Labute approximate surface area is 173 Å². The molecule has 7 nitrogen and oxygen atoms in total. The summed E-state index contributed by atoms with van der Waals surface area (Å²) in [7, 11) is -3.54. The van der Waals surface area contributed by atoms with Gasteiger partial charge in [0.1, 0.15) is 5.75 Å². The minimum atomic E-state index is -3.54. The van der Waals surface area contributed by atoms with Crippen LogP contribution in [0.1, 0.15) is 13.8 Å². The van der Waals surface area contributed by atoms with E-state index in [-0.39, 0.29) is 4.90 Å². The number of benzene rings is 1. The van der Waals surface area contributed by atoms with E-state index >= 15 is 0 Å². The van der Waals surface area contributed by atoms with Crippen LogP contribution in [0.25, 0.3) is 5.65 Å². The highest BCUT2D eigenvalue weighted by Crippen LogP contribution is 2.22. The third-order valence-electron chi connectivity index (χ3n) is 4.08. The molecule has 2 aromatic heterocycles. The second-order valence-electron chi connectivity index (χ2n) is 5.82. The minimum Gasteiger partial charge on any atom is -0.493 e. The summed E-state index contributed by atoms with van der Waals surface area (Å²) in [5, 5.41) is 9.53. The SMILES string of the molecule is CCN(CC)S(=O)(=O)c1ccc2nnc(SCCOc3ccc(Cl)cc3)n2c1. The molecule has 0 aliphatic carbocycles. The Morgan fingerprint density at radius 3 is 2.50 bits per heavy atom. The number of nitrogens with zero attached hydrogens (tertiary/aromatic N) is 4. The summed E-state index contributed by atoms with van der Waals surface area (Å²) in [6, 6.07) is 10.4. The number of rotatable bonds is 9. The fourth-order valence-electron chi connectivity index (χ4n) is 2.64. The smallest absolute Gasteiger partial charge is 0.244 e. The van der Waals surface area contributed by atoms with Gasteiger partial charge in [0.25, 0.3) is 0 Å². The summed E-state index contributed by atoms with van der Waals surface area (Å²) in [5.41, 5.74) is 0.597. The third-order valence-corrected chi connectivity index (χ3v) is 7.28. The van der Waals surface area contributed by atoms with Gasteiger partial charge >= 0.3 is 0 Å². The molecule has 150 valence electrons. The number of hydrogen-bond acceptors (Lipinski definition) is 6. The largest absolute Gasteiger partial charge is 0.493 e. The maximum atomic E-state index is 12.7. The average Bonchev–Trinajstić information content (AvgIpc) is 3.09. The Balaban J connectivity index is 1.71. The molecule has 0 N–H and O–H groups in total.